The van der Waals surface area contributed by atoms with E-state index < -0.39 is 0 Å². The van der Waals surface area contributed by atoms with Gasteiger partial charge in [-0.25, -0.2) is 10.4 Å². The average molecular weight is 339 g/mol. The second kappa shape index (κ2) is 6.68. The number of nitrogens with two attached hydrogens (primary N) is 1. The van der Waals surface area contributed by atoms with E-state index >= 15 is 0 Å². The molecule has 0 fully saturated rings. The minimum absolute atomic E-state index is 0.327. The van der Waals surface area contributed by atoms with E-state index in [1.807, 2.05) is 31.2 Å². The first-order chi connectivity index (χ1) is 11.5. The van der Waals surface area contributed by atoms with Crippen LogP contribution in [0, 0.1) is 6.92 Å². The molecule has 6 heteroatoms. The fourth-order valence-corrected chi connectivity index (χ4v) is 2.41. The number of nitrogen functional groups attached to an aromatic ring is 1. The van der Waals surface area contributed by atoms with Crippen LogP contribution in [-0.2, 0) is 0 Å². The number of carbonyl (C=O) groups is 1. The highest BCUT2D eigenvalue weighted by Gasteiger charge is 2.05. The van der Waals surface area contributed by atoms with Crippen LogP contribution in [-0.4, -0.2) is 17.1 Å². The Balaban J connectivity index is 1.77. The number of nitrogens with one attached hydrogen (secondary N) is 1. The Morgan fingerprint density at radius 2 is 1.96 bits per heavy atom. The van der Waals surface area contributed by atoms with Crippen molar-refractivity contribution < 1.29 is 4.79 Å². The number of hydrogen-bond donors (Lipinski definition) is 2. The molecule has 0 saturated heterocycles. The van der Waals surface area contributed by atoms with Crippen molar-refractivity contribution in [2.45, 2.75) is 6.92 Å². The molecule has 2 aromatic carbocycles. The lowest BCUT2D eigenvalue weighted by molar-refractivity contribution is 0.0955. The fourth-order valence-electron chi connectivity index (χ4n) is 2.22. The van der Waals surface area contributed by atoms with Gasteiger partial charge in [-0.2, -0.15) is 5.10 Å². The summed E-state index contributed by atoms with van der Waals surface area (Å²) in [6.07, 6.45) is 1.48. The van der Waals surface area contributed by atoms with E-state index in [0.717, 1.165) is 16.5 Å². The molecule has 0 saturated carbocycles. The van der Waals surface area contributed by atoms with Crippen LogP contribution in [0.2, 0.25) is 5.15 Å². The SMILES string of the molecule is Cc1ccc2cc(/C=N/NC(=O)c3ccc(N)cc3)c(Cl)nc2c1. The predicted molar refractivity (Wildman–Crippen MR) is 97.4 cm³/mol. The first-order valence-corrected chi connectivity index (χ1v) is 7.66. The van der Waals surface area contributed by atoms with Gasteiger partial charge in [0, 0.05) is 22.2 Å². The van der Waals surface area contributed by atoms with Gasteiger partial charge in [-0.1, -0.05) is 23.7 Å². The molecule has 3 rings (SSSR count). The maximum Gasteiger partial charge on any atom is 0.271 e. The van der Waals surface area contributed by atoms with Crippen LogP contribution < -0.4 is 11.2 Å². The minimum Gasteiger partial charge on any atom is -0.399 e. The van der Waals surface area contributed by atoms with Crippen molar-refractivity contribution in [2.75, 3.05) is 5.73 Å². The Morgan fingerprint density at radius 1 is 1.21 bits per heavy atom. The third-order valence-corrected chi connectivity index (χ3v) is 3.80. The zero-order chi connectivity index (χ0) is 17.1. The van der Waals surface area contributed by atoms with E-state index in [2.05, 4.69) is 15.5 Å². The highest BCUT2D eigenvalue weighted by atomic mass is 35.5. The number of pyridine rings is 1. The smallest absolute Gasteiger partial charge is 0.271 e. The molecule has 0 bridgehead atoms. The molecule has 0 spiro atoms. The first-order valence-electron chi connectivity index (χ1n) is 7.29. The molecule has 0 radical (unpaired) electrons. The highest BCUT2D eigenvalue weighted by Crippen LogP contribution is 2.20. The Morgan fingerprint density at radius 3 is 2.71 bits per heavy atom. The van der Waals surface area contributed by atoms with Gasteiger partial charge in [0.05, 0.1) is 11.7 Å². The molecule has 0 aliphatic heterocycles. The minimum atomic E-state index is -0.327. The third-order valence-electron chi connectivity index (χ3n) is 3.50. The van der Waals surface area contributed by atoms with Gasteiger partial charge in [-0.3, -0.25) is 4.79 Å². The second-order valence-electron chi connectivity index (χ2n) is 5.39. The number of aromatic nitrogens is 1. The molecule has 3 aromatic rings. The maximum absolute atomic E-state index is 12.0. The number of fused-ring (bicyclic) bond motifs is 1. The van der Waals surface area contributed by atoms with Gasteiger partial charge in [-0.05, 0) is 48.9 Å². The van der Waals surface area contributed by atoms with E-state index in [4.69, 9.17) is 17.3 Å². The van der Waals surface area contributed by atoms with Crippen molar-refractivity contribution in [2.24, 2.45) is 5.10 Å². The van der Waals surface area contributed by atoms with Gasteiger partial charge in [0.25, 0.3) is 5.91 Å². The quantitative estimate of drug-likeness (QED) is 0.332. The molecular formula is C18H15ClN4O. The summed E-state index contributed by atoms with van der Waals surface area (Å²) in [6, 6.07) is 14.4. The van der Waals surface area contributed by atoms with Crippen molar-refractivity contribution in [3.8, 4) is 0 Å². The lowest BCUT2D eigenvalue weighted by atomic mass is 10.1. The summed E-state index contributed by atoms with van der Waals surface area (Å²) in [7, 11) is 0. The molecule has 120 valence electrons. The molecule has 0 atom stereocenters. The monoisotopic (exact) mass is 338 g/mol. The van der Waals surface area contributed by atoms with E-state index in [-0.39, 0.29) is 5.91 Å². The van der Waals surface area contributed by atoms with E-state index in [1.54, 1.807) is 24.3 Å². The summed E-state index contributed by atoms with van der Waals surface area (Å²) in [5, 5.41) is 5.23. The number of amides is 1. The number of anilines is 1. The summed E-state index contributed by atoms with van der Waals surface area (Å²) < 4.78 is 0. The molecule has 1 heterocycles. The fraction of sp³-hybridized carbons (Fsp3) is 0.0556. The molecule has 0 aliphatic rings. The van der Waals surface area contributed by atoms with Crippen LogP contribution in [0.3, 0.4) is 0 Å². The Hall–Kier alpha value is -2.92. The lowest BCUT2D eigenvalue weighted by Gasteiger charge is -2.03. The molecule has 3 N–H and O–H groups in total. The Kier molecular flexibility index (Phi) is 4.44. The first kappa shape index (κ1) is 16.0. The molecule has 5 nitrogen and oxygen atoms in total. The number of nitrogens with zero attached hydrogens (tertiary/aromatic N) is 2. The van der Waals surface area contributed by atoms with Crippen molar-refractivity contribution in [1.29, 1.82) is 0 Å². The zero-order valence-electron chi connectivity index (χ0n) is 13.0. The van der Waals surface area contributed by atoms with Crippen molar-refractivity contribution >= 4 is 40.3 Å². The van der Waals surface area contributed by atoms with Crippen molar-refractivity contribution in [1.82, 2.24) is 10.4 Å². The van der Waals surface area contributed by atoms with Gasteiger partial charge < -0.3 is 5.73 Å². The molecule has 1 aromatic heterocycles. The topological polar surface area (TPSA) is 80.4 Å². The number of carbonyl (C=O) groups excluding carboxylic acids is 1. The molecule has 0 aliphatic carbocycles. The molecule has 24 heavy (non-hydrogen) atoms. The Bertz CT molecular complexity index is 936. The standard InChI is InChI=1S/C18H15ClN4O/c1-11-2-3-13-9-14(17(19)22-16(13)8-11)10-21-23-18(24)12-4-6-15(20)7-5-12/h2-10H,20H2,1H3,(H,23,24)/b21-10+. The third kappa shape index (κ3) is 3.52. The van der Waals surface area contributed by atoms with Crippen LogP contribution in [0.1, 0.15) is 21.5 Å². The zero-order valence-corrected chi connectivity index (χ0v) is 13.7. The van der Waals surface area contributed by atoms with Gasteiger partial charge in [0.1, 0.15) is 5.15 Å². The number of halogens is 1. The summed E-state index contributed by atoms with van der Waals surface area (Å²) in [4.78, 5) is 16.3. The number of rotatable bonds is 3. The largest absolute Gasteiger partial charge is 0.399 e. The van der Waals surface area contributed by atoms with Crippen molar-refractivity contribution in [3.63, 3.8) is 0 Å². The lowest BCUT2D eigenvalue weighted by Crippen LogP contribution is -2.17. The highest BCUT2D eigenvalue weighted by molar-refractivity contribution is 6.32. The number of aryl methyl sites for hydroxylation is 1. The van der Waals surface area contributed by atoms with Gasteiger partial charge in [-0.15, -0.1) is 0 Å². The normalized spacial score (nSPS) is 11.1. The van der Waals surface area contributed by atoms with Crippen LogP contribution >= 0.6 is 11.6 Å². The summed E-state index contributed by atoms with van der Waals surface area (Å²) in [5.41, 5.74) is 11.7. The van der Waals surface area contributed by atoms with E-state index in [0.29, 0.717) is 22.0 Å². The van der Waals surface area contributed by atoms with E-state index in [9.17, 15) is 4.79 Å². The average Bonchev–Trinajstić information content (AvgIpc) is 2.56. The number of hydrogen-bond acceptors (Lipinski definition) is 4. The second-order valence-corrected chi connectivity index (χ2v) is 5.74. The Labute approximate surface area is 144 Å². The van der Waals surface area contributed by atoms with Gasteiger partial charge in [0.15, 0.2) is 0 Å². The van der Waals surface area contributed by atoms with Crippen LogP contribution in [0.4, 0.5) is 5.69 Å². The van der Waals surface area contributed by atoms with Crippen LogP contribution in [0.5, 0.6) is 0 Å². The summed E-state index contributed by atoms with van der Waals surface area (Å²) in [6.45, 7) is 2.00. The molecular weight excluding hydrogens is 324 g/mol. The summed E-state index contributed by atoms with van der Waals surface area (Å²) >= 11 is 6.18. The predicted octanol–water partition coefficient (Wildman–Crippen LogP) is 3.54. The maximum atomic E-state index is 12.0. The molecule has 1 amide bonds. The van der Waals surface area contributed by atoms with E-state index in [1.165, 1.54) is 6.21 Å². The van der Waals surface area contributed by atoms with Gasteiger partial charge in [0.2, 0.25) is 0 Å². The molecule has 0 unspecified atom stereocenters. The van der Waals surface area contributed by atoms with Crippen LogP contribution in [0.25, 0.3) is 10.9 Å². The van der Waals surface area contributed by atoms with Crippen LogP contribution in [0.15, 0.2) is 53.6 Å². The number of benzene rings is 2. The number of hydrazone groups is 1. The summed E-state index contributed by atoms with van der Waals surface area (Å²) in [5.74, 6) is -0.327. The van der Waals surface area contributed by atoms with Gasteiger partial charge >= 0.3 is 0 Å². The van der Waals surface area contributed by atoms with Crippen molar-refractivity contribution in [3.05, 3.63) is 70.4 Å².